The second-order valence-corrected chi connectivity index (χ2v) is 13.5. The number of nitrogens with zero attached hydrogens (tertiary/aromatic N) is 3. The van der Waals surface area contributed by atoms with Crippen molar-refractivity contribution in [3.05, 3.63) is 95.4 Å². The number of fused-ring (bicyclic) bond motifs is 1. The van der Waals surface area contributed by atoms with Gasteiger partial charge in [-0.05, 0) is 62.7 Å². The van der Waals surface area contributed by atoms with Gasteiger partial charge in [-0.3, -0.25) is 14.4 Å². The van der Waals surface area contributed by atoms with Crippen molar-refractivity contribution in [3.63, 3.8) is 0 Å². The van der Waals surface area contributed by atoms with Crippen molar-refractivity contribution >= 4 is 21.6 Å². The van der Waals surface area contributed by atoms with Crippen molar-refractivity contribution in [2.24, 2.45) is 5.92 Å². The smallest absolute Gasteiger partial charge is 0.267 e. The lowest BCUT2D eigenvalue weighted by molar-refractivity contribution is 0.0341. The number of rotatable bonds is 10. The second-order valence-electron chi connectivity index (χ2n) is 11.9. The van der Waals surface area contributed by atoms with E-state index in [1.165, 1.54) is 18.6 Å². The van der Waals surface area contributed by atoms with Crippen molar-refractivity contribution in [1.29, 1.82) is 0 Å². The van der Waals surface area contributed by atoms with Crippen LogP contribution in [0, 0.1) is 19.8 Å². The fourth-order valence-corrected chi connectivity index (χ4v) is 7.07. The van der Waals surface area contributed by atoms with Gasteiger partial charge in [-0.15, -0.1) is 0 Å². The van der Waals surface area contributed by atoms with Gasteiger partial charge in [0.05, 0.1) is 18.2 Å². The molecule has 0 bridgehead atoms. The van der Waals surface area contributed by atoms with E-state index < -0.39 is 16.1 Å². The molecule has 2 heterocycles. The van der Waals surface area contributed by atoms with Gasteiger partial charge in [-0.25, -0.2) is 8.42 Å². The predicted octanol–water partition coefficient (Wildman–Crippen LogP) is 5.11. The van der Waals surface area contributed by atoms with E-state index >= 15 is 0 Å². The highest BCUT2D eigenvalue weighted by Crippen LogP contribution is 2.32. The molecular formula is C34H40N4O6S. The number of aryl methyl sites for hydroxylation is 2. The number of aliphatic hydroxyl groups is 1. The summed E-state index contributed by atoms with van der Waals surface area (Å²) in [6.07, 6.45) is -0.288. The average Bonchev–Trinajstić information content (AvgIpc) is 3.37. The van der Waals surface area contributed by atoms with Gasteiger partial charge < -0.3 is 19.3 Å². The average molecular weight is 633 g/mol. The third-order valence-electron chi connectivity index (χ3n) is 8.16. The molecule has 2 N–H and O–H groups in total. The molecule has 1 aromatic heterocycles. The Balaban J connectivity index is 1.38. The first-order valence-electron chi connectivity index (χ1n) is 15.0. The quantitative estimate of drug-likeness (QED) is 0.247. The largest absolute Gasteiger partial charge is 0.488 e. The van der Waals surface area contributed by atoms with Crippen LogP contribution in [0.5, 0.6) is 5.75 Å². The number of nitrogens with one attached hydrogen (secondary N) is 1. The number of likely N-dealkylation sites (N-methyl/N-ethyl adjacent to an activating group) is 1. The third-order valence-corrected chi connectivity index (χ3v) is 9.78. The van der Waals surface area contributed by atoms with E-state index in [1.807, 2.05) is 32.2 Å². The summed E-state index contributed by atoms with van der Waals surface area (Å²) >= 11 is 0. The number of sulfonamides is 1. The van der Waals surface area contributed by atoms with Crippen LogP contribution in [0.4, 0.5) is 5.69 Å². The number of aromatic nitrogens is 1. The summed E-state index contributed by atoms with van der Waals surface area (Å²) in [5, 5.41) is 13.7. The lowest BCUT2D eigenvalue weighted by atomic mass is 9.99. The highest BCUT2D eigenvalue weighted by Gasteiger charge is 2.34. The van der Waals surface area contributed by atoms with E-state index in [9.17, 15) is 18.3 Å². The van der Waals surface area contributed by atoms with Gasteiger partial charge in [-0.2, -0.15) is 0 Å². The molecule has 238 valence electrons. The monoisotopic (exact) mass is 632 g/mol. The maximum Gasteiger partial charge on any atom is 0.267 e. The van der Waals surface area contributed by atoms with Gasteiger partial charge >= 0.3 is 0 Å². The van der Waals surface area contributed by atoms with Crippen LogP contribution in [0.25, 0.3) is 11.1 Å². The first-order valence-corrected chi connectivity index (χ1v) is 16.5. The molecule has 0 radical (unpaired) electrons. The number of aliphatic hydroxyl groups excluding tert-OH is 1. The van der Waals surface area contributed by atoms with Crippen LogP contribution < -0.4 is 9.46 Å². The Hall–Kier alpha value is -4.19. The van der Waals surface area contributed by atoms with Gasteiger partial charge in [0.2, 0.25) is 0 Å². The molecule has 1 aliphatic heterocycles. The van der Waals surface area contributed by atoms with Gasteiger partial charge in [-0.1, -0.05) is 66.7 Å². The van der Waals surface area contributed by atoms with Crippen LogP contribution in [-0.2, 0) is 16.6 Å². The maximum atomic E-state index is 13.8. The zero-order chi connectivity index (χ0) is 32.3. The van der Waals surface area contributed by atoms with Crippen LogP contribution in [0.15, 0.2) is 82.2 Å². The summed E-state index contributed by atoms with van der Waals surface area (Å²) in [7, 11) is -1.99. The molecule has 3 atom stereocenters. The fraction of sp³-hybridized carbons (Fsp3) is 0.353. The van der Waals surface area contributed by atoms with Gasteiger partial charge in [0.25, 0.3) is 15.9 Å². The van der Waals surface area contributed by atoms with Gasteiger partial charge in [0.15, 0.2) is 10.7 Å². The predicted molar refractivity (Wildman–Crippen MR) is 173 cm³/mol. The van der Waals surface area contributed by atoms with Crippen LogP contribution in [0.2, 0.25) is 0 Å². The number of ether oxygens (including phenoxy) is 1. The normalized spacial score (nSPS) is 17.8. The Bertz CT molecular complexity index is 1720. The molecule has 0 fully saturated rings. The summed E-state index contributed by atoms with van der Waals surface area (Å²) < 4.78 is 40.5. The Morgan fingerprint density at radius 1 is 1.07 bits per heavy atom. The van der Waals surface area contributed by atoms with Crippen molar-refractivity contribution in [1.82, 2.24) is 15.0 Å². The number of amides is 1. The Morgan fingerprint density at radius 3 is 2.40 bits per heavy atom. The first-order chi connectivity index (χ1) is 21.5. The Labute approximate surface area is 264 Å². The molecule has 0 spiro atoms. The minimum Gasteiger partial charge on any atom is -0.488 e. The minimum atomic E-state index is -4.03. The van der Waals surface area contributed by atoms with Crippen molar-refractivity contribution in [2.45, 2.75) is 51.3 Å². The van der Waals surface area contributed by atoms with E-state index in [2.05, 4.69) is 51.2 Å². The van der Waals surface area contributed by atoms with E-state index in [1.54, 1.807) is 30.9 Å². The molecule has 0 saturated carbocycles. The standard InChI is InChI=1S/C34H40N4O6S/c1-22-18-38(23(2)21-39)34(40)30-17-29(36-45(41,42)33-24(3)35-44-25(33)4)15-16-31(30)43-32(22)20-37(5)19-26-11-13-28(14-12-26)27-9-7-6-8-10-27/h6-17,22-23,32,36,39H,18-21H2,1-5H3/t22-,23+,32-/m0/s1. The number of carbonyl (C=O) groups excluding carboxylic acids is 1. The summed E-state index contributed by atoms with van der Waals surface area (Å²) in [6.45, 7) is 8.33. The summed E-state index contributed by atoms with van der Waals surface area (Å²) in [5.41, 5.74) is 4.14. The number of anilines is 1. The highest BCUT2D eigenvalue weighted by atomic mass is 32.2. The van der Waals surface area contributed by atoms with Gasteiger partial charge in [0, 0.05) is 31.2 Å². The van der Waals surface area contributed by atoms with Crippen molar-refractivity contribution in [2.75, 3.05) is 31.5 Å². The molecular weight excluding hydrogens is 592 g/mol. The van der Waals surface area contributed by atoms with Crippen molar-refractivity contribution in [3.8, 4) is 16.9 Å². The summed E-state index contributed by atoms with van der Waals surface area (Å²) in [5.74, 6) is 0.119. The molecule has 11 heteroatoms. The van der Waals surface area contributed by atoms with Crippen LogP contribution in [-0.4, -0.2) is 73.3 Å². The van der Waals surface area contributed by atoms with Gasteiger partial charge in [0.1, 0.15) is 17.5 Å². The number of hydrogen-bond acceptors (Lipinski definition) is 8. The number of carbonyl (C=O) groups is 1. The Kier molecular flexibility index (Phi) is 9.62. The Morgan fingerprint density at radius 2 is 1.76 bits per heavy atom. The fourth-order valence-electron chi connectivity index (χ4n) is 5.69. The lowest BCUT2D eigenvalue weighted by Crippen LogP contribution is -2.49. The molecule has 10 nitrogen and oxygen atoms in total. The van der Waals surface area contributed by atoms with Crippen LogP contribution in [0.3, 0.4) is 0 Å². The molecule has 0 unspecified atom stereocenters. The van der Waals surface area contributed by atoms with Crippen molar-refractivity contribution < 1.29 is 27.6 Å². The van der Waals surface area contributed by atoms with E-state index in [0.29, 0.717) is 25.4 Å². The molecule has 1 amide bonds. The number of benzene rings is 3. The maximum absolute atomic E-state index is 13.8. The third kappa shape index (κ3) is 7.22. The lowest BCUT2D eigenvalue weighted by Gasteiger charge is -2.38. The molecule has 0 aliphatic carbocycles. The SMILES string of the molecule is Cc1noc(C)c1S(=O)(=O)Nc1ccc2c(c1)C(=O)N([C@H](C)CO)C[C@H](C)[C@H](CN(C)Cc1ccc(-c3ccccc3)cc1)O2. The zero-order valence-corrected chi connectivity index (χ0v) is 27.0. The first kappa shape index (κ1) is 32.2. The topological polar surface area (TPSA) is 125 Å². The minimum absolute atomic E-state index is 0.0426. The van der Waals surface area contributed by atoms with Crippen LogP contribution >= 0.6 is 0 Å². The summed E-state index contributed by atoms with van der Waals surface area (Å²) in [6, 6.07) is 23.0. The molecule has 5 rings (SSSR count). The molecule has 1 aliphatic rings. The van der Waals surface area contributed by atoms with E-state index in [4.69, 9.17) is 9.26 Å². The molecule has 3 aromatic carbocycles. The number of hydrogen-bond donors (Lipinski definition) is 2. The highest BCUT2D eigenvalue weighted by molar-refractivity contribution is 7.92. The summed E-state index contributed by atoms with van der Waals surface area (Å²) in [4.78, 5) is 17.6. The van der Waals surface area contributed by atoms with E-state index in [0.717, 1.165) is 11.1 Å². The second kappa shape index (κ2) is 13.4. The zero-order valence-electron chi connectivity index (χ0n) is 26.2. The molecule has 45 heavy (non-hydrogen) atoms. The molecule has 0 saturated heterocycles. The molecule has 4 aromatic rings. The van der Waals surface area contributed by atoms with Crippen LogP contribution in [0.1, 0.15) is 41.2 Å². The van der Waals surface area contributed by atoms with E-state index in [-0.39, 0.29) is 52.1 Å².